The Hall–Kier alpha value is -2.90. The molecule has 1 aliphatic heterocycles. The number of pyridine rings is 1. The van der Waals surface area contributed by atoms with Crippen molar-refractivity contribution < 1.29 is 35.9 Å². The molecule has 9 nitrogen and oxygen atoms in total. The van der Waals surface area contributed by atoms with Crippen LogP contribution >= 0.6 is 0 Å². The maximum Gasteiger partial charge on any atom is 0.422 e. The van der Waals surface area contributed by atoms with E-state index in [1.165, 1.54) is 28.7 Å². The molecule has 0 bridgehead atoms. The molecule has 0 spiro atoms. The second kappa shape index (κ2) is 9.71. The van der Waals surface area contributed by atoms with Gasteiger partial charge >= 0.3 is 6.18 Å². The Bertz CT molecular complexity index is 1130. The fourth-order valence-electron chi connectivity index (χ4n) is 2.92. The van der Waals surface area contributed by atoms with Gasteiger partial charge in [-0.05, 0) is 24.3 Å². The summed E-state index contributed by atoms with van der Waals surface area (Å²) in [6, 6.07) is 7.43. The molecule has 1 N–H and O–H groups in total. The van der Waals surface area contributed by atoms with E-state index in [0.29, 0.717) is 0 Å². The minimum absolute atomic E-state index is 0.118. The molecule has 1 aromatic carbocycles. The van der Waals surface area contributed by atoms with Crippen LogP contribution in [0.1, 0.15) is 0 Å². The topological polar surface area (TPSA) is 107 Å². The monoisotopic (exact) mass is 475 g/mol. The Balaban J connectivity index is 1.89. The van der Waals surface area contributed by atoms with Crippen molar-refractivity contribution in [2.24, 2.45) is 0 Å². The highest BCUT2D eigenvalue weighted by Crippen LogP contribution is 2.31. The van der Waals surface area contributed by atoms with Crippen molar-refractivity contribution in [1.29, 1.82) is 0 Å². The third kappa shape index (κ3) is 6.08. The van der Waals surface area contributed by atoms with Gasteiger partial charge < -0.3 is 19.4 Å². The molecule has 1 aromatic heterocycles. The zero-order chi connectivity index (χ0) is 23.4. The second-order valence-corrected chi connectivity index (χ2v) is 8.73. The number of carbonyl (C=O) groups excluding carboxylic acids is 1. The number of carbonyl (C=O) groups is 1. The van der Waals surface area contributed by atoms with Crippen molar-refractivity contribution in [3.8, 4) is 5.75 Å². The van der Waals surface area contributed by atoms with Crippen LogP contribution in [-0.4, -0.2) is 62.3 Å². The second-order valence-electron chi connectivity index (χ2n) is 6.79. The number of halogens is 3. The van der Waals surface area contributed by atoms with Crippen LogP contribution in [0.2, 0.25) is 0 Å². The van der Waals surface area contributed by atoms with Crippen LogP contribution in [-0.2, 0) is 26.1 Å². The first-order valence-electron chi connectivity index (χ1n) is 9.43. The van der Waals surface area contributed by atoms with Crippen LogP contribution < -0.4 is 15.6 Å². The third-order valence-electron chi connectivity index (χ3n) is 4.44. The number of alkyl halides is 3. The summed E-state index contributed by atoms with van der Waals surface area (Å²) < 4.78 is 75.8. The highest BCUT2D eigenvalue weighted by Gasteiger charge is 2.30. The van der Waals surface area contributed by atoms with Gasteiger partial charge in [0.1, 0.15) is 12.3 Å². The Labute approximate surface area is 181 Å². The van der Waals surface area contributed by atoms with Gasteiger partial charge in [-0.3, -0.25) is 9.59 Å². The summed E-state index contributed by atoms with van der Waals surface area (Å²) in [6.07, 6.45) is -3.28. The Kier molecular flexibility index (Phi) is 7.21. The predicted octanol–water partition coefficient (Wildman–Crippen LogP) is 1.45. The van der Waals surface area contributed by atoms with Crippen LogP contribution in [0.15, 0.2) is 52.3 Å². The molecule has 1 fully saturated rings. The molecule has 1 amide bonds. The number of amides is 1. The van der Waals surface area contributed by atoms with Crippen molar-refractivity contribution >= 4 is 21.6 Å². The average molecular weight is 475 g/mol. The van der Waals surface area contributed by atoms with Crippen LogP contribution in [0.4, 0.5) is 18.9 Å². The molecule has 0 atom stereocenters. The van der Waals surface area contributed by atoms with E-state index in [4.69, 9.17) is 9.47 Å². The first kappa shape index (κ1) is 23.8. The third-order valence-corrected chi connectivity index (χ3v) is 6.33. The zero-order valence-electron chi connectivity index (χ0n) is 16.7. The largest absolute Gasteiger partial charge is 0.482 e. The molecule has 2 heterocycles. The summed E-state index contributed by atoms with van der Waals surface area (Å²) in [7, 11) is -3.98. The number of morpholine rings is 1. The predicted molar refractivity (Wildman–Crippen MR) is 107 cm³/mol. The number of hydrogen-bond acceptors (Lipinski definition) is 6. The van der Waals surface area contributed by atoms with E-state index in [1.54, 1.807) is 0 Å². The summed E-state index contributed by atoms with van der Waals surface area (Å²) in [5, 5.41) is 2.34. The van der Waals surface area contributed by atoms with E-state index >= 15 is 0 Å². The number of aromatic nitrogens is 1. The summed E-state index contributed by atoms with van der Waals surface area (Å²) in [6.45, 7) is -1.41. The van der Waals surface area contributed by atoms with Gasteiger partial charge in [0.2, 0.25) is 15.9 Å². The van der Waals surface area contributed by atoms with Crippen LogP contribution in [0.3, 0.4) is 0 Å². The molecule has 0 aliphatic carbocycles. The first-order valence-corrected chi connectivity index (χ1v) is 10.9. The average Bonchev–Trinajstić information content (AvgIpc) is 2.74. The van der Waals surface area contributed by atoms with Gasteiger partial charge in [-0.25, -0.2) is 8.42 Å². The van der Waals surface area contributed by atoms with E-state index in [-0.39, 0.29) is 42.6 Å². The van der Waals surface area contributed by atoms with E-state index in [2.05, 4.69) is 5.32 Å². The maximum atomic E-state index is 12.9. The Morgan fingerprint density at radius 2 is 1.88 bits per heavy atom. The molecule has 2 aromatic rings. The molecule has 0 saturated carbocycles. The molecule has 0 unspecified atom stereocenters. The summed E-state index contributed by atoms with van der Waals surface area (Å²) in [5.41, 5.74) is -0.725. The molecule has 174 valence electrons. The first-order chi connectivity index (χ1) is 15.1. The molecule has 3 rings (SSSR count). The number of anilines is 1. The smallest absolute Gasteiger partial charge is 0.422 e. The van der Waals surface area contributed by atoms with Crippen molar-refractivity contribution in [2.75, 3.05) is 38.2 Å². The van der Waals surface area contributed by atoms with Gasteiger partial charge in [0, 0.05) is 25.4 Å². The fourth-order valence-corrected chi connectivity index (χ4v) is 4.36. The molecule has 0 radical (unpaired) electrons. The molecule has 1 saturated heterocycles. The lowest BCUT2D eigenvalue weighted by molar-refractivity contribution is -0.153. The molecular weight excluding hydrogens is 455 g/mol. The number of rotatable bonds is 7. The minimum atomic E-state index is -4.64. The van der Waals surface area contributed by atoms with Crippen molar-refractivity contribution in [3.63, 3.8) is 0 Å². The number of hydrogen-bond donors (Lipinski definition) is 1. The van der Waals surface area contributed by atoms with E-state index in [1.807, 2.05) is 0 Å². The summed E-state index contributed by atoms with van der Waals surface area (Å²) >= 11 is 0. The Morgan fingerprint density at radius 3 is 2.53 bits per heavy atom. The normalized spacial score (nSPS) is 15.3. The van der Waals surface area contributed by atoms with Gasteiger partial charge in [-0.2, -0.15) is 17.5 Å². The Morgan fingerprint density at radius 1 is 1.16 bits per heavy atom. The van der Waals surface area contributed by atoms with Gasteiger partial charge in [0.15, 0.2) is 6.61 Å². The number of nitrogens with one attached hydrogen (secondary N) is 1. The molecule has 32 heavy (non-hydrogen) atoms. The summed E-state index contributed by atoms with van der Waals surface area (Å²) in [5.74, 6) is -1.12. The highest BCUT2D eigenvalue weighted by molar-refractivity contribution is 7.89. The zero-order valence-corrected chi connectivity index (χ0v) is 17.5. The lowest BCUT2D eigenvalue weighted by Gasteiger charge is -2.26. The molecular formula is C19H20F3N3O6S. The van der Waals surface area contributed by atoms with E-state index in [9.17, 15) is 31.2 Å². The lowest BCUT2D eigenvalue weighted by atomic mass is 10.3. The highest BCUT2D eigenvalue weighted by atomic mass is 32.2. The summed E-state index contributed by atoms with van der Waals surface area (Å²) in [4.78, 5) is 24.0. The SMILES string of the molecule is O=C(Cn1ccccc1=O)Nc1cc(S(=O)(=O)N2CCOCC2)ccc1OCC(F)(F)F. The molecule has 13 heteroatoms. The fraction of sp³-hybridized carbons (Fsp3) is 0.368. The van der Waals surface area contributed by atoms with Crippen LogP contribution in [0.25, 0.3) is 0 Å². The maximum absolute atomic E-state index is 12.9. The van der Waals surface area contributed by atoms with Gasteiger partial charge in [0.25, 0.3) is 5.56 Å². The number of sulfonamides is 1. The number of benzene rings is 1. The lowest BCUT2D eigenvalue weighted by Crippen LogP contribution is -2.40. The van der Waals surface area contributed by atoms with E-state index in [0.717, 1.165) is 22.8 Å². The standard InChI is InChI=1S/C19H20F3N3O6S/c20-19(21,22)13-31-16-5-4-14(32(28,29)25-7-9-30-10-8-25)11-15(16)23-17(26)12-24-6-2-1-3-18(24)27/h1-6,11H,7-10,12-13H2,(H,23,26). The molecule has 1 aliphatic rings. The van der Waals surface area contributed by atoms with Crippen LogP contribution in [0, 0.1) is 0 Å². The van der Waals surface area contributed by atoms with E-state index < -0.39 is 40.8 Å². The van der Waals surface area contributed by atoms with Gasteiger partial charge in [0.05, 0.1) is 23.8 Å². The van der Waals surface area contributed by atoms with Crippen molar-refractivity contribution in [2.45, 2.75) is 17.6 Å². The number of ether oxygens (including phenoxy) is 2. The minimum Gasteiger partial charge on any atom is -0.482 e. The van der Waals surface area contributed by atoms with Crippen LogP contribution in [0.5, 0.6) is 5.75 Å². The van der Waals surface area contributed by atoms with Crippen molar-refractivity contribution in [1.82, 2.24) is 8.87 Å². The van der Waals surface area contributed by atoms with Gasteiger partial charge in [-0.1, -0.05) is 6.07 Å². The number of nitrogens with zero attached hydrogens (tertiary/aromatic N) is 2. The van der Waals surface area contributed by atoms with Crippen molar-refractivity contribution in [3.05, 3.63) is 52.9 Å². The quantitative estimate of drug-likeness (QED) is 0.650. The van der Waals surface area contributed by atoms with Gasteiger partial charge in [-0.15, -0.1) is 0 Å².